The zero-order chi connectivity index (χ0) is 12.8. The minimum atomic E-state index is -0.162. The molecule has 2 atom stereocenters. The molecule has 2 heteroatoms. The minimum absolute atomic E-state index is 0.162. The Morgan fingerprint density at radius 1 is 1.33 bits per heavy atom. The van der Waals surface area contributed by atoms with E-state index in [1.54, 1.807) is 0 Å². The number of benzene rings is 1. The number of aliphatic hydroxyl groups is 1. The van der Waals surface area contributed by atoms with Crippen molar-refractivity contribution < 1.29 is 5.11 Å². The molecule has 1 aliphatic heterocycles. The van der Waals surface area contributed by atoms with Gasteiger partial charge in [0.25, 0.3) is 0 Å². The smallest absolute Gasteiger partial charge is 0.0527 e. The van der Waals surface area contributed by atoms with Gasteiger partial charge in [-0.1, -0.05) is 30.3 Å². The Bertz CT molecular complexity index is 336. The van der Waals surface area contributed by atoms with E-state index in [9.17, 15) is 5.11 Å². The third kappa shape index (κ3) is 4.11. The zero-order valence-electron chi connectivity index (χ0n) is 11.4. The maximum absolute atomic E-state index is 9.51. The zero-order valence-corrected chi connectivity index (χ0v) is 11.4. The monoisotopic (exact) mass is 247 g/mol. The molecule has 18 heavy (non-hydrogen) atoms. The Hall–Kier alpha value is -0.860. The fraction of sp³-hybridized carbons (Fsp3) is 0.625. The summed E-state index contributed by atoms with van der Waals surface area (Å²) in [6, 6.07) is 11.3. The van der Waals surface area contributed by atoms with Crippen LogP contribution in [0.15, 0.2) is 30.3 Å². The first-order valence-electron chi connectivity index (χ1n) is 7.22. The van der Waals surface area contributed by atoms with Crippen molar-refractivity contribution in [3.63, 3.8) is 0 Å². The van der Waals surface area contributed by atoms with Gasteiger partial charge in [-0.3, -0.25) is 0 Å². The first-order chi connectivity index (χ1) is 8.75. The number of rotatable bonds is 6. The summed E-state index contributed by atoms with van der Waals surface area (Å²) in [5.41, 5.74) is 1.43. The van der Waals surface area contributed by atoms with Crippen LogP contribution in [-0.2, 0) is 6.42 Å². The third-order valence-corrected chi connectivity index (χ3v) is 3.87. The van der Waals surface area contributed by atoms with E-state index in [4.69, 9.17) is 0 Å². The van der Waals surface area contributed by atoms with E-state index in [-0.39, 0.29) is 6.10 Å². The van der Waals surface area contributed by atoms with Crippen LogP contribution in [0.4, 0.5) is 0 Å². The van der Waals surface area contributed by atoms with E-state index in [2.05, 4.69) is 35.2 Å². The SMILES string of the molecule is C[C@@H](O)C[C@H]1CCCN1CCCc1ccccc1. The molecule has 0 radical (unpaired) electrons. The van der Waals surface area contributed by atoms with Crippen molar-refractivity contribution in [1.29, 1.82) is 0 Å². The normalized spacial score (nSPS) is 22.2. The average Bonchev–Trinajstić information content (AvgIpc) is 2.77. The second-order valence-electron chi connectivity index (χ2n) is 5.51. The van der Waals surface area contributed by atoms with Crippen molar-refractivity contribution in [2.45, 2.75) is 51.2 Å². The van der Waals surface area contributed by atoms with Crippen LogP contribution >= 0.6 is 0 Å². The van der Waals surface area contributed by atoms with Gasteiger partial charge in [0.15, 0.2) is 0 Å². The van der Waals surface area contributed by atoms with Gasteiger partial charge in [-0.05, 0) is 57.7 Å². The topological polar surface area (TPSA) is 23.5 Å². The lowest BCUT2D eigenvalue weighted by atomic mass is 10.1. The Labute approximate surface area is 111 Å². The van der Waals surface area contributed by atoms with Crippen LogP contribution in [-0.4, -0.2) is 35.2 Å². The van der Waals surface area contributed by atoms with E-state index in [1.807, 2.05) is 6.92 Å². The summed E-state index contributed by atoms with van der Waals surface area (Å²) in [5.74, 6) is 0. The van der Waals surface area contributed by atoms with Crippen LogP contribution in [0.5, 0.6) is 0 Å². The van der Waals surface area contributed by atoms with E-state index in [0.29, 0.717) is 6.04 Å². The Morgan fingerprint density at radius 3 is 2.83 bits per heavy atom. The largest absolute Gasteiger partial charge is 0.393 e. The van der Waals surface area contributed by atoms with Crippen molar-refractivity contribution in [1.82, 2.24) is 4.90 Å². The van der Waals surface area contributed by atoms with Gasteiger partial charge in [0.2, 0.25) is 0 Å². The fourth-order valence-corrected chi connectivity index (χ4v) is 2.98. The predicted octanol–water partition coefficient (Wildman–Crippen LogP) is 2.85. The molecular formula is C16H25NO. The van der Waals surface area contributed by atoms with Gasteiger partial charge in [0.1, 0.15) is 0 Å². The highest BCUT2D eigenvalue weighted by atomic mass is 16.3. The standard InChI is InChI=1S/C16H25NO/c1-14(18)13-16-10-6-12-17(16)11-5-9-15-7-3-2-4-8-15/h2-4,7-8,14,16,18H,5-6,9-13H2,1H3/t14-,16-/m1/s1. The summed E-state index contributed by atoms with van der Waals surface area (Å²) in [6.45, 7) is 4.29. The van der Waals surface area contributed by atoms with Gasteiger partial charge >= 0.3 is 0 Å². The summed E-state index contributed by atoms with van der Waals surface area (Å²) in [5, 5.41) is 9.51. The molecule has 2 nitrogen and oxygen atoms in total. The molecule has 1 saturated heterocycles. The maximum Gasteiger partial charge on any atom is 0.0527 e. The number of likely N-dealkylation sites (tertiary alicyclic amines) is 1. The fourth-order valence-electron chi connectivity index (χ4n) is 2.98. The lowest BCUT2D eigenvalue weighted by Gasteiger charge is -2.25. The summed E-state index contributed by atoms with van der Waals surface area (Å²) in [7, 11) is 0. The number of nitrogens with zero attached hydrogens (tertiary/aromatic N) is 1. The van der Waals surface area contributed by atoms with Crippen molar-refractivity contribution in [3.8, 4) is 0 Å². The second kappa shape index (κ2) is 6.91. The van der Waals surface area contributed by atoms with Gasteiger partial charge in [-0.15, -0.1) is 0 Å². The number of hydrogen-bond acceptors (Lipinski definition) is 2. The van der Waals surface area contributed by atoms with Gasteiger partial charge < -0.3 is 10.0 Å². The van der Waals surface area contributed by atoms with E-state index >= 15 is 0 Å². The van der Waals surface area contributed by atoms with Crippen LogP contribution in [0.25, 0.3) is 0 Å². The molecule has 1 aromatic rings. The highest BCUT2D eigenvalue weighted by Crippen LogP contribution is 2.21. The molecule has 0 aromatic heterocycles. The van der Waals surface area contributed by atoms with Gasteiger partial charge in [-0.25, -0.2) is 0 Å². The first kappa shape index (κ1) is 13.6. The van der Waals surface area contributed by atoms with Gasteiger partial charge in [0, 0.05) is 6.04 Å². The molecule has 0 spiro atoms. The second-order valence-corrected chi connectivity index (χ2v) is 5.51. The van der Waals surface area contributed by atoms with Crippen molar-refractivity contribution in [3.05, 3.63) is 35.9 Å². The van der Waals surface area contributed by atoms with Crippen LogP contribution in [0, 0.1) is 0 Å². The van der Waals surface area contributed by atoms with Crippen molar-refractivity contribution in [2.24, 2.45) is 0 Å². The molecule has 0 amide bonds. The average molecular weight is 247 g/mol. The van der Waals surface area contributed by atoms with Crippen molar-refractivity contribution >= 4 is 0 Å². The summed E-state index contributed by atoms with van der Waals surface area (Å²) < 4.78 is 0. The number of aliphatic hydroxyl groups excluding tert-OH is 1. The van der Waals surface area contributed by atoms with Crippen LogP contribution in [0.2, 0.25) is 0 Å². The van der Waals surface area contributed by atoms with Crippen LogP contribution in [0.3, 0.4) is 0 Å². The number of hydrogen-bond donors (Lipinski definition) is 1. The van der Waals surface area contributed by atoms with Crippen molar-refractivity contribution in [2.75, 3.05) is 13.1 Å². The van der Waals surface area contributed by atoms with Gasteiger partial charge in [-0.2, -0.15) is 0 Å². The molecule has 1 heterocycles. The highest BCUT2D eigenvalue weighted by molar-refractivity contribution is 5.14. The Kier molecular flexibility index (Phi) is 5.21. The molecule has 1 fully saturated rings. The molecular weight excluding hydrogens is 222 g/mol. The molecule has 1 aliphatic rings. The molecule has 0 bridgehead atoms. The minimum Gasteiger partial charge on any atom is -0.393 e. The quantitative estimate of drug-likeness (QED) is 0.835. The first-order valence-corrected chi connectivity index (χ1v) is 7.22. The Morgan fingerprint density at radius 2 is 2.11 bits per heavy atom. The Balaban J connectivity index is 1.72. The molecule has 0 aliphatic carbocycles. The molecule has 2 rings (SSSR count). The molecule has 0 unspecified atom stereocenters. The summed E-state index contributed by atoms with van der Waals surface area (Å²) in [4.78, 5) is 2.57. The molecule has 100 valence electrons. The number of aryl methyl sites for hydroxylation is 1. The van der Waals surface area contributed by atoms with Crippen LogP contribution < -0.4 is 0 Å². The molecule has 0 saturated carbocycles. The lowest BCUT2D eigenvalue weighted by Crippen LogP contribution is -2.32. The summed E-state index contributed by atoms with van der Waals surface area (Å²) in [6.07, 6.45) is 5.72. The van der Waals surface area contributed by atoms with Crippen LogP contribution in [0.1, 0.15) is 38.2 Å². The summed E-state index contributed by atoms with van der Waals surface area (Å²) >= 11 is 0. The predicted molar refractivity (Wildman–Crippen MR) is 75.7 cm³/mol. The molecule has 1 aromatic carbocycles. The maximum atomic E-state index is 9.51. The van der Waals surface area contributed by atoms with E-state index in [1.165, 1.54) is 44.3 Å². The van der Waals surface area contributed by atoms with E-state index < -0.39 is 0 Å². The van der Waals surface area contributed by atoms with E-state index in [0.717, 1.165) is 6.42 Å². The molecule has 1 N–H and O–H groups in total. The van der Waals surface area contributed by atoms with Gasteiger partial charge in [0.05, 0.1) is 6.10 Å². The lowest BCUT2D eigenvalue weighted by molar-refractivity contribution is 0.133. The third-order valence-electron chi connectivity index (χ3n) is 3.87. The highest BCUT2D eigenvalue weighted by Gasteiger charge is 2.24.